The van der Waals surface area contributed by atoms with Crippen LogP contribution in [0.3, 0.4) is 0 Å². The summed E-state index contributed by atoms with van der Waals surface area (Å²) in [5.41, 5.74) is 7.86. The van der Waals surface area contributed by atoms with E-state index in [1.165, 1.54) is 0 Å². The molecule has 33 heavy (non-hydrogen) atoms. The van der Waals surface area contributed by atoms with Crippen molar-refractivity contribution in [1.82, 2.24) is 14.9 Å². The second kappa shape index (κ2) is 10.1. The molecule has 8 heteroatoms. The fourth-order valence-corrected chi connectivity index (χ4v) is 4.27. The molecule has 2 aromatic heterocycles. The average molecular weight is 450 g/mol. The minimum atomic E-state index is -0.938. The van der Waals surface area contributed by atoms with E-state index >= 15 is 0 Å². The zero-order chi connectivity index (χ0) is 23.3. The lowest BCUT2D eigenvalue weighted by Gasteiger charge is -2.41. The number of ether oxygens (including phenoxy) is 1. The molecule has 1 aliphatic rings. The van der Waals surface area contributed by atoms with Gasteiger partial charge in [0.05, 0.1) is 23.4 Å². The van der Waals surface area contributed by atoms with E-state index in [0.29, 0.717) is 50.4 Å². The quantitative estimate of drug-likeness (QED) is 0.509. The predicted molar refractivity (Wildman–Crippen MR) is 129 cm³/mol. The molecule has 0 aliphatic carbocycles. The van der Waals surface area contributed by atoms with E-state index in [2.05, 4.69) is 14.9 Å². The van der Waals surface area contributed by atoms with E-state index in [4.69, 9.17) is 10.5 Å². The number of hydrogen-bond donors (Lipinski definition) is 2. The van der Waals surface area contributed by atoms with Crippen LogP contribution in [-0.2, 0) is 0 Å². The van der Waals surface area contributed by atoms with Crippen molar-refractivity contribution in [2.45, 2.75) is 24.9 Å². The number of aliphatic hydroxyl groups is 1. The summed E-state index contributed by atoms with van der Waals surface area (Å²) in [7, 11) is 1.73. The molecule has 1 aromatic carbocycles. The molecule has 1 fully saturated rings. The lowest BCUT2D eigenvalue weighted by atomic mass is 9.90. The maximum absolute atomic E-state index is 13.0. The number of hydrogen-bond acceptors (Lipinski definition) is 7. The fourth-order valence-electron chi connectivity index (χ4n) is 4.27. The summed E-state index contributed by atoms with van der Waals surface area (Å²) < 4.78 is 5.66. The third-order valence-electron chi connectivity index (χ3n) is 6.09. The first kappa shape index (κ1) is 22.9. The molecule has 0 unspecified atom stereocenters. The van der Waals surface area contributed by atoms with Gasteiger partial charge in [0, 0.05) is 44.6 Å². The lowest BCUT2D eigenvalue weighted by molar-refractivity contribution is -0.00800. The smallest absolute Gasteiger partial charge is 0.253 e. The number of piperidine rings is 1. The van der Waals surface area contributed by atoms with Gasteiger partial charge in [0.15, 0.2) is 0 Å². The lowest BCUT2D eigenvalue weighted by Crippen LogP contribution is -2.51. The Morgan fingerprint density at radius 1 is 1.18 bits per heavy atom. The van der Waals surface area contributed by atoms with E-state index < -0.39 is 5.60 Å². The van der Waals surface area contributed by atoms with Crippen LogP contribution in [0.1, 0.15) is 29.6 Å². The molecular weight excluding hydrogens is 418 g/mol. The Morgan fingerprint density at radius 2 is 2.00 bits per heavy atom. The molecule has 1 amide bonds. The van der Waals surface area contributed by atoms with Crippen molar-refractivity contribution in [3.05, 3.63) is 60.4 Å². The summed E-state index contributed by atoms with van der Waals surface area (Å²) in [6, 6.07) is 12.9. The highest BCUT2D eigenvalue weighted by Gasteiger charge is 2.35. The van der Waals surface area contributed by atoms with Gasteiger partial charge in [-0.05, 0) is 62.2 Å². The molecule has 0 saturated carbocycles. The monoisotopic (exact) mass is 449 g/mol. The zero-order valence-corrected chi connectivity index (χ0v) is 19.0. The second-order valence-electron chi connectivity index (χ2n) is 8.59. The van der Waals surface area contributed by atoms with E-state index in [-0.39, 0.29) is 12.5 Å². The van der Waals surface area contributed by atoms with Gasteiger partial charge in [0.2, 0.25) is 0 Å². The van der Waals surface area contributed by atoms with Crippen molar-refractivity contribution in [2.24, 2.45) is 5.73 Å². The van der Waals surface area contributed by atoms with Gasteiger partial charge in [-0.2, -0.15) is 0 Å². The summed E-state index contributed by atoms with van der Waals surface area (Å²) in [4.78, 5) is 25.7. The normalized spacial score (nSPS) is 15.4. The van der Waals surface area contributed by atoms with E-state index in [0.717, 1.165) is 23.1 Å². The first-order valence-corrected chi connectivity index (χ1v) is 11.3. The molecule has 0 bridgehead atoms. The number of pyridine rings is 2. The topological polar surface area (TPSA) is 105 Å². The Bertz CT molecular complexity index is 1090. The number of carbonyl (C=O) groups is 1. The number of likely N-dealkylation sites (N-methyl/N-ethyl adjacent to an activating group) is 1. The molecule has 174 valence electrons. The zero-order valence-electron chi connectivity index (χ0n) is 19.0. The molecule has 3 aromatic rings. The van der Waals surface area contributed by atoms with Crippen LogP contribution in [0.4, 0.5) is 5.69 Å². The maximum atomic E-state index is 13.0. The highest BCUT2D eigenvalue weighted by molar-refractivity contribution is 5.94. The van der Waals surface area contributed by atoms with Gasteiger partial charge >= 0.3 is 0 Å². The third-order valence-corrected chi connectivity index (χ3v) is 6.09. The maximum Gasteiger partial charge on any atom is 0.253 e. The number of aromatic nitrogens is 2. The van der Waals surface area contributed by atoms with E-state index in [1.54, 1.807) is 42.5 Å². The number of carbonyl (C=O) groups excluding carboxylic acids is 1. The second-order valence-corrected chi connectivity index (χ2v) is 8.59. The molecule has 0 spiro atoms. The highest BCUT2D eigenvalue weighted by Crippen LogP contribution is 2.30. The molecule has 8 nitrogen and oxygen atoms in total. The van der Waals surface area contributed by atoms with E-state index in [1.807, 2.05) is 24.3 Å². The van der Waals surface area contributed by atoms with Gasteiger partial charge in [-0.1, -0.05) is 6.07 Å². The van der Waals surface area contributed by atoms with Crippen LogP contribution < -0.4 is 15.4 Å². The molecule has 3 N–H and O–H groups in total. The van der Waals surface area contributed by atoms with Gasteiger partial charge in [0.1, 0.15) is 11.3 Å². The standard InChI is InChI=1S/C25H31N5O3/c1-29(24(31)19-5-2-6-20(17-19)33-16-4-11-26)18-25(32)9-14-30(15-10-25)22-8-13-27-21-7-3-12-28-23(21)22/h2-3,5-8,12-13,17,32H,4,9-11,14-16,18,26H2,1H3. The van der Waals surface area contributed by atoms with Crippen LogP contribution in [0.25, 0.3) is 11.0 Å². The summed E-state index contributed by atoms with van der Waals surface area (Å²) in [6.07, 6.45) is 5.44. The number of fused-ring (bicyclic) bond motifs is 1. The summed E-state index contributed by atoms with van der Waals surface area (Å²) >= 11 is 0. The van der Waals surface area contributed by atoms with Crippen LogP contribution in [-0.4, -0.2) is 71.3 Å². The summed E-state index contributed by atoms with van der Waals surface area (Å²) in [6.45, 7) is 2.71. The SMILES string of the molecule is CN(CC1(O)CCN(c2ccnc3cccnc23)CC1)C(=O)c1cccc(OCCCN)c1. The minimum Gasteiger partial charge on any atom is -0.494 e. The largest absolute Gasteiger partial charge is 0.494 e. The van der Waals surface area contributed by atoms with Crippen molar-refractivity contribution < 1.29 is 14.6 Å². The highest BCUT2D eigenvalue weighted by atomic mass is 16.5. The Morgan fingerprint density at radius 3 is 2.79 bits per heavy atom. The number of nitrogens with zero attached hydrogens (tertiary/aromatic N) is 4. The third kappa shape index (κ3) is 5.40. The summed E-state index contributed by atoms with van der Waals surface area (Å²) in [5.74, 6) is 0.507. The first-order valence-electron chi connectivity index (χ1n) is 11.3. The molecule has 0 radical (unpaired) electrons. The minimum absolute atomic E-state index is 0.139. The van der Waals surface area contributed by atoms with Gasteiger partial charge in [-0.3, -0.25) is 14.8 Å². The van der Waals surface area contributed by atoms with Crippen LogP contribution in [0.2, 0.25) is 0 Å². The van der Waals surface area contributed by atoms with Crippen molar-refractivity contribution >= 4 is 22.6 Å². The number of anilines is 1. The Hall–Kier alpha value is -3.23. The first-order chi connectivity index (χ1) is 16.0. The van der Waals surface area contributed by atoms with Crippen LogP contribution in [0.5, 0.6) is 5.75 Å². The molecule has 1 saturated heterocycles. The molecule has 4 rings (SSSR count). The van der Waals surface area contributed by atoms with Crippen molar-refractivity contribution in [1.29, 1.82) is 0 Å². The Kier molecular flexibility index (Phi) is 7.05. The van der Waals surface area contributed by atoms with Crippen molar-refractivity contribution in [3.63, 3.8) is 0 Å². The number of amides is 1. The number of nitrogens with two attached hydrogens (primary N) is 1. The molecule has 3 heterocycles. The molecule has 0 atom stereocenters. The summed E-state index contributed by atoms with van der Waals surface area (Å²) in [5, 5.41) is 11.2. The molecular formula is C25H31N5O3. The average Bonchev–Trinajstić information content (AvgIpc) is 2.84. The number of rotatable bonds is 8. The van der Waals surface area contributed by atoms with Crippen molar-refractivity contribution in [2.75, 3.05) is 44.7 Å². The van der Waals surface area contributed by atoms with Gasteiger partial charge in [-0.25, -0.2) is 0 Å². The van der Waals surface area contributed by atoms with Crippen LogP contribution >= 0.6 is 0 Å². The van der Waals surface area contributed by atoms with Crippen LogP contribution in [0, 0.1) is 0 Å². The van der Waals surface area contributed by atoms with Gasteiger partial charge < -0.3 is 25.4 Å². The molecule has 1 aliphatic heterocycles. The Balaban J connectivity index is 1.37. The van der Waals surface area contributed by atoms with E-state index in [9.17, 15) is 9.90 Å². The van der Waals surface area contributed by atoms with Crippen molar-refractivity contribution in [3.8, 4) is 5.75 Å². The Labute approximate surface area is 194 Å². The van der Waals surface area contributed by atoms with Gasteiger partial charge in [0.25, 0.3) is 5.91 Å². The van der Waals surface area contributed by atoms with Crippen LogP contribution in [0.15, 0.2) is 54.9 Å². The fraction of sp³-hybridized carbons (Fsp3) is 0.400. The number of benzene rings is 1. The van der Waals surface area contributed by atoms with Gasteiger partial charge in [-0.15, -0.1) is 0 Å². The predicted octanol–water partition coefficient (Wildman–Crippen LogP) is 2.46.